The fourth-order valence-electron chi connectivity index (χ4n) is 1.67. The second-order valence-electron chi connectivity index (χ2n) is 4.14. The van der Waals surface area contributed by atoms with Crippen molar-refractivity contribution in [3.8, 4) is 5.75 Å². The van der Waals surface area contributed by atoms with Crippen LogP contribution in [0.15, 0.2) is 42.5 Å². The minimum absolute atomic E-state index is 0.0438. The minimum Gasteiger partial charge on any atom is -0.485 e. The first-order valence-corrected chi connectivity index (χ1v) is 6.08. The minimum atomic E-state index is -4.38. The third-order valence-corrected chi connectivity index (χ3v) is 2.93. The number of para-hydroxylation sites is 1. The highest BCUT2D eigenvalue weighted by atomic mass is 35.5. The highest BCUT2D eigenvalue weighted by Gasteiger charge is 2.30. The number of halogens is 4. The Bertz CT molecular complexity index is 593. The van der Waals surface area contributed by atoms with E-state index in [9.17, 15) is 13.2 Å². The van der Waals surface area contributed by atoms with Crippen LogP contribution in [0.5, 0.6) is 5.75 Å². The van der Waals surface area contributed by atoms with E-state index in [1.54, 1.807) is 24.3 Å². The zero-order valence-electron chi connectivity index (χ0n) is 10.2. The lowest BCUT2D eigenvalue weighted by molar-refractivity contribution is -0.137. The Morgan fingerprint density at radius 1 is 1.10 bits per heavy atom. The molecule has 2 aromatic rings. The molecule has 106 valence electrons. The van der Waals surface area contributed by atoms with Crippen molar-refractivity contribution < 1.29 is 17.9 Å². The fourth-order valence-corrected chi connectivity index (χ4v) is 1.91. The topological polar surface area (TPSA) is 35.2 Å². The van der Waals surface area contributed by atoms with Crippen molar-refractivity contribution in [3.63, 3.8) is 0 Å². The van der Waals surface area contributed by atoms with Crippen LogP contribution in [0.3, 0.4) is 0 Å². The molecule has 20 heavy (non-hydrogen) atoms. The van der Waals surface area contributed by atoms with Crippen LogP contribution in [0.2, 0.25) is 5.02 Å². The maximum atomic E-state index is 12.6. The van der Waals surface area contributed by atoms with Crippen LogP contribution in [0.4, 0.5) is 18.9 Å². The molecule has 0 aliphatic carbocycles. The first kappa shape index (κ1) is 14.5. The van der Waals surface area contributed by atoms with Gasteiger partial charge in [-0.05, 0) is 29.8 Å². The average molecular weight is 302 g/mol. The maximum absolute atomic E-state index is 12.6. The Labute approximate surface area is 118 Å². The predicted molar refractivity (Wildman–Crippen MR) is 71.6 cm³/mol. The molecule has 2 aromatic carbocycles. The van der Waals surface area contributed by atoms with Gasteiger partial charge in [0, 0.05) is 0 Å². The van der Waals surface area contributed by atoms with Crippen molar-refractivity contribution in [3.05, 3.63) is 58.6 Å². The largest absolute Gasteiger partial charge is 0.485 e. The van der Waals surface area contributed by atoms with Gasteiger partial charge in [-0.15, -0.1) is 0 Å². The molecular weight excluding hydrogens is 291 g/mol. The molecule has 0 atom stereocenters. The summed E-state index contributed by atoms with van der Waals surface area (Å²) in [6.45, 7) is -0.0438. The molecule has 0 radical (unpaired) electrons. The van der Waals surface area contributed by atoms with Gasteiger partial charge in [0.15, 0.2) is 5.75 Å². The van der Waals surface area contributed by atoms with Crippen molar-refractivity contribution >= 4 is 17.3 Å². The van der Waals surface area contributed by atoms with Crippen molar-refractivity contribution in [2.45, 2.75) is 12.8 Å². The van der Waals surface area contributed by atoms with Crippen LogP contribution in [0.25, 0.3) is 0 Å². The van der Waals surface area contributed by atoms with E-state index in [0.717, 1.165) is 12.1 Å². The highest BCUT2D eigenvalue weighted by Crippen LogP contribution is 2.32. The number of rotatable bonds is 3. The lowest BCUT2D eigenvalue weighted by Crippen LogP contribution is -2.06. The summed E-state index contributed by atoms with van der Waals surface area (Å²) in [5, 5.41) is 0.317. The summed E-state index contributed by atoms with van der Waals surface area (Å²) in [6.07, 6.45) is -4.38. The lowest BCUT2D eigenvalue weighted by atomic mass is 10.1. The number of nitrogens with two attached hydrogens (primary N) is 1. The Morgan fingerprint density at radius 3 is 2.45 bits per heavy atom. The van der Waals surface area contributed by atoms with Crippen LogP contribution in [0, 0.1) is 0 Å². The number of hydrogen-bond acceptors (Lipinski definition) is 2. The summed E-state index contributed by atoms with van der Waals surface area (Å²) in [5.41, 5.74) is 5.70. The van der Waals surface area contributed by atoms with E-state index in [1.807, 2.05) is 0 Å². The second kappa shape index (κ2) is 5.63. The van der Waals surface area contributed by atoms with Crippen molar-refractivity contribution in [1.82, 2.24) is 0 Å². The molecule has 0 heterocycles. The van der Waals surface area contributed by atoms with Crippen LogP contribution < -0.4 is 10.5 Å². The molecule has 0 amide bonds. The molecule has 0 unspecified atom stereocenters. The molecule has 0 bridgehead atoms. The summed E-state index contributed by atoms with van der Waals surface area (Å²) >= 11 is 5.91. The van der Waals surface area contributed by atoms with Gasteiger partial charge in [0.05, 0.1) is 16.3 Å². The van der Waals surface area contributed by atoms with Crippen molar-refractivity contribution in [1.29, 1.82) is 0 Å². The smallest absolute Gasteiger partial charge is 0.416 e. The Balaban J connectivity index is 2.16. The maximum Gasteiger partial charge on any atom is 0.416 e. The molecule has 2 N–H and O–H groups in total. The van der Waals surface area contributed by atoms with Gasteiger partial charge in [-0.25, -0.2) is 0 Å². The summed E-state index contributed by atoms with van der Waals surface area (Å²) < 4.78 is 43.1. The quantitative estimate of drug-likeness (QED) is 0.846. The number of benzene rings is 2. The molecule has 0 aromatic heterocycles. The number of hydrogen-bond donors (Lipinski definition) is 1. The monoisotopic (exact) mass is 301 g/mol. The van der Waals surface area contributed by atoms with E-state index in [-0.39, 0.29) is 12.4 Å². The van der Waals surface area contributed by atoms with Gasteiger partial charge < -0.3 is 10.5 Å². The molecular formula is C14H11ClF3NO. The van der Waals surface area contributed by atoms with E-state index in [4.69, 9.17) is 22.1 Å². The first-order valence-electron chi connectivity index (χ1n) is 5.71. The molecule has 2 rings (SSSR count). The van der Waals surface area contributed by atoms with E-state index in [0.29, 0.717) is 16.3 Å². The van der Waals surface area contributed by atoms with Gasteiger partial charge in [-0.1, -0.05) is 29.8 Å². The summed E-state index contributed by atoms with van der Waals surface area (Å²) in [4.78, 5) is 0. The number of anilines is 1. The normalized spacial score (nSPS) is 11.4. The van der Waals surface area contributed by atoms with E-state index >= 15 is 0 Å². The van der Waals surface area contributed by atoms with Crippen LogP contribution in [0.1, 0.15) is 11.1 Å². The first-order chi connectivity index (χ1) is 9.38. The molecule has 0 fully saturated rings. The zero-order valence-corrected chi connectivity index (χ0v) is 11.0. The van der Waals surface area contributed by atoms with E-state index in [2.05, 4.69) is 0 Å². The predicted octanol–water partition coefficient (Wildman–Crippen LogP) is 4.52. The van der Waals surface area contributed by atoms with Crippen molar-refractivity contribution in [2.75, 3.05) is 5.73 Å². The Hall–Kier alpha value is -1.88. The highest BCUT2D eigenvalue weighted by molar-refractivity contribution is 6.32. The Morgan fingerprint density at radius 2 is 1.80 bits per heavy atom. The zero-order chi connectivity index (χ0) is 14.8. The number of nitrogen functional groups attached to an aromatic ring is 1. The molecule has 0 saturated heterocycles. The van der Waals surface area contributed by atoms with Gasteiger partial charge in [-0.2, -0.15) is 13.2 Å². The summed E-state index contributed by atoms with van der Waals surface area (Å²) in [6, 6.07) is 9.78. The fraction of sp³-hybridized carbons (Fsp3) is 0.143. The lowest BCUT2D eigenvalue weighted by Gasteiger charge is -2.12. The third-order valence-electron chi connectivity index (χ3n) is 2.63. The van der Waals surface area contributed by atoms with Gasteiger partial charge in [0.25, 0.3) is 0 Å². The molecule has 0 aliphatic heterocycles. The standard InChI is InChI=1S/C14H11ClF3NO/c15-11-5-2-6-12(19)13(11)20-8-9-3-1-4-10(7-9)14(16,17)18/h1-7H,8,19H2. The molecule has 0 spiro atoms. The molecule has 2 nitrogen and oxygen atoms in total. The van der Waals surface area contributed by atoms with Gasteiger partial charge >= 0.3 is 6.18 Å². The average Bonchev–Trinajstić information content (AvgIpc) is 2.37. The van der Waals surface area contributed by atoms with E-state index in [1.165, 1.54) is 6.07 Å². The second-order valence-corrected chi connectivity index (χ2v) is 4.55. The van der Waals surface area contributed by atoms with Crippen LogP contribution in [-0.4, -0.2) is 0 Å². The molecule has 6 heteroatoms. The van der Waals surface area contributed by atoms with Gasteiger partial charge in [-0.3, -0.25) is 0 Å². The SMILES string of the molecule is Nc1cccc(Cl)c1OCc1cccc(C(F)(F)F)c1. The van der Waals surface area contributed by atoms with Crippen molar-refractivity contribution in [2.24, 2.45) is 0 Å². The van der Waals surface area contributed by atoms with Crippen LogP contribution in [-0.2, 0) is 12.8 Å². The Kier molecular flexibility index (Phi) is 4.09. The van der Waals surface area contributed by atoms with E-state index < -0.39 is 11.7 Å². The number of ether oxygens (including phenoxy) is 1. The third kappa shape index (κ3) is 3.36. The van der Waals surface area contributed by atoms with Gasteiger partial charge in [0.1, 0.15) is 6.61 Å². The number of alkyl halides is 3. The summed E-state index contributed by atoms with van der Waals surface area (Å²) in [7, 11) is 0. The van der Waals surface area contributed by atoms with Gasteiger partial charge in [0.2, 0.25) is 0 Å². The molecule has 0 saturated carbocycles. The molecule has 0 aliphatic rings. The van der Waals surface area contributed by atoms with Crippen LogP contribution >= 0.6 is 11.6 Å². The summed E-state index contributed by atoms with van der Waals surface area (Å²) in [5.74, 6) is 0.270.